The number of hydrogen-bond donors (Lipinski definition) is 2. The van der Waals surface area contributed by atoms with Crippen molar-refractivity contribution in [3.05, 3.63) is 24.0 Å². The van der Waals surface area contributed by atoms with Crippen LogP contribution < -0.4 is 11.5 Å². The minimum atomic E-state index is -3.95. The molecule has 0 bridgehead atoms. The molecular formula is C11H16FN3O3S. The summed E-state index contributed by atoms with van der Waals surface area (Å²) >= 11 is 0. The summed E-state index contributed by atoms with van der Waals surface area (Å²) in [4.78, 5) is 10.8. The summed E-state index contributed by atoms with van der Waals surface area (Å²) in [6.45, 7) is 2.76. The van der Waals surface area contributed by atoms with Crippen molar-refractivity contribution in [3.63, 3.8) is 0 Å². The van der Waals surface area contributed by atoms with Crippen molar-refractivity contribution in [2.75, 3.05) is 12.3 Å². The van der Waals surface area contributed by atoms with Crippen LogP contribution >= 0.6 is 0 Å². The first-order valence-electron chi connectivity index (χ1n) is 5.51. The summed E-state index contributed by atoms with van der Waals surface area (Å²) in [5.41, 5.74) is 10.1. The number of rotatable bonds is 5. The number of carbonyl (C=O) groups excluding carboxylic acids is 1. The standard InChI is InChI=1S/C11H16FN3O3S/c1-7(2)15(6-11(14)16)19(17,18)8-3-4-9(12)10(13)5-8/h3-5,7H,6,13H2,1-2H3,(H2,14,16). The lowest BCUT2D eigenvalue weighted by atomic mass is 10.3. The summed E-state index contributed by atoms with van der Waals surface area (Å²) in [5.74, 6) is -1.47. The first-order chi connectivity index (χ1) is 8.66. The lowest BCUT2D eigenvalue weighted by Crippen LogP contribution is -2.42. The number of nitrogens with two attached hydrogens (primary N) is 2. The summed E-state index contributed by atoms with van der Waals surface area (Å²) < 4.78 is 38.6. The molecule has 1 amide bonds. The first kappa shape index (κ1) is 15.4. The predicted octanol–water partition coefficient (Wildman–Crippen LogP) is 0.292. The molecule has 0 aliphatic carbocycles. The van der Waals surface area contributed by atoms with Gasteiger partial charge in [-0.15, -0.1) is 0 Å². The zero-order valence-electron chi connectivity index (χ0n) is 10.6. The third kappa shape index (κ3) is 3.42. The molecule has 0 atom stereocenters. The summed E-state index contributed by atoms with van der Waals surface area (Å²) in [6.07, 6.45) is 0. The van der Waals surface area contributed by atoms with Crippen molar-refractivity contribution in [1.82, 2.24) is 4.31 Å². The van der Waals surface area contributed by atoms with Crippen molar-refractivity contribution in [1.29, 1.82) is 0 Å². The number of carbonyl (C=O) groups is 1. The van der Waals surface area contributed by atoms with E-state index in [0.717, 1.165) is 22.5 Å². The molecule has 1 aromatic carbocycles. The molecule has 0 saturated carbocycles. The molecule has 8 heteroatoms. The lowest BCUT2D eigenvalue weighted by molar-refractivity contribution is -0.118. The molecule has 0 unspecified atom stereocenters. The lowest BCUT2D eigenvalue weighted by Gasteiger charge is -2.24. The third-order valence-electron chi connectivity index (χ3n) is 2.46. The first-order valence-corrected chi connectivity index (χ1v) is 6.95. The molecule has 0 radical (unpaired) electrons. The van der Waals surface area contributed by atoms with Crippen LogP contribution in [0.2, 0.25) is 0 Å². The van der Waals surface area contributed by atoms with Gasteiger partial charge in [0.15, 0.2) is 0 Å². The molecule has 1 aromatic rings. The van der Waals surface area contributed by atoms with Gasteiger partial charge in [-0.2, -0.15) is 4.31 Å². The Labute approximate surface area is 111 Å². The molecule has 0 aliphatic heterocycles. The Morgan fingerprint density at radius 2 is 2.00 bits per heavy atom. The van der Waals surface area contributed by atoms with Crippen LogP contribution in [0.3, 0.4) is 0 Å². The number of sulfonamides is 1. The molecule has 0 heterocycles. The van der Waals surface area contributed by atoms with E-state index in [9.17, 15) is 17.6 Å². The van der Waals surface area contributed by atoms with Gasteiger partial charge in [0.25, 0.3) is 0 Å². The minimum absolute atomic E-state index is 0.179. The second-order valence-electron chi connectivity index (χ2n) is 4.29. The molecule has 1 rings (SSSR count). The highest BCUT2D eigenvalue weighted by molar-refractivity contribution is 7.89. The molecular weight excluding hydrogens is 273 g/mol. The third-order valence-corrected chi connectivity index (χ3v) is 4.48. The fourth-order valence-corrected chi connectivity index (χ4v) is 3.16. The largest absolute Gasteiger partial charge is 0.396 e. The van der Waals surface area contributed by atoms with Gasteiger partial charge in [-0.25, -0.2) is 12.8 Å². The summed E-state index contributed by atoms with van der Waals surface area (Å²) in [5, 5.41) is 0. The van der Waals surface area contributed by atoms with Crippen molar-refractivity contribution < 1.29 is 17.6 Å². The Bertz CT molecular complexity index is 587. The molecule has 19 heavy (non-hydrogen) atoms. The molecule has 4 N–H and O–H groups in total. The number of nitrogens with zero attached hydrogens (tertiary/aromatic N) is 1. The van der Waals surface area contributed by atoms with Crippen molar-refractivity contribution in [3.8, 4) is 0 Å². The van der Waals surface area contributed by atoms with Gasteiger partial charge in [0, 0.05) is 6.04 Å². The molecule has 0 aromatic heterocycles. The van der Waals surface area contributed by atoms with Crippen molar-refractivity contribution in [2.45, 2.75) is 24.8 Å². The van der Waals surface area contributed by atoms with Crippen LogP contribution in [0.25, 0.3) is 0 Å². The van der Waals surface area contributed by atoms with Gasteiger partial charge in [-0.05, 0) is 32.0 Å². The summed E-state index contributed by atoms with van der Waals surface area (Å²) in [6, 6.07) is 2.60. The van der Waals surface area contributed by atoms with Crippen LogP contribution in [0, 0.1) is 5.82 Å². The maximum atomic E-state index is 13.0. The van der Waals surface area contributed by atoms with E-state index in [1.54, 1.807) is 13.8 Å². The zero-order chi connectivity index (χ0) is 14.8. The number of nitrogen functional groups attached to an aromatic ring is 1. The molecule has 0 spiro atoms. The van der Waals surface area contributed by atoms with Crippen LogP contribution in [-0.4, -0.2) is 31.2 Å². The van der Waals surface area contributed by atoms with Crippen LogP contribution in [0.5, 0.6) is 0 Å². The van der Waals surface area contributed by atoms with E-state index < -0.39 is 34.3 Å². The van der Waals surface area contributed by atoms with E-state index in [0.29, 0.717) is 0 Å². The Hall–Kier alpha value is -1.67. The van der Waals surface area contributed by atoms with Gasteiger partial charge in [0.05, 0.1) is 17.1 Å². The summed E-state index contributed by atoms with van der Waals surface area (Å²) in [7, 11) is -3.95. The number of benzene rings is 1. The van der Waals surface area contributed by atoms with E-state index in [1.807, 2.05) is 0 Å². The zero-order valence-corrected chi connectivity index (χ0v) is 11.4. The maximum Gasteiger partial charge on any atom is 0.243 e. The van der Waals surface area contributed by atoms with E-state index in [4.69, 9.17) is 11.5 Å². The van der Waals surface area contributed by atoms with Crippen LogP contribution in [0.15, 0.2) is 23.1 Å². The van der Waals surface area contributed by atoms with Crippen LogP contribution in [0.1, 0.15) is 13.8 Å². The average molecular weight is 289 g/mol. The number of anilines is 1. The SMILES string of the molecule is CC(C)N(CC(N)=O)S(=O)(=O)c1ccc(F)c(N)c1. The normalized spacial score (nSPS) is 12.1. The van der Waals surface area contributed by atoms with Gasteiger partial charge in [-0.1, -0.05) is 0 Å². The van der Waals surface area contributed by atoms with Crippen LogP contribution in [-0.2, 0) is 14.8 Å². The van der Waals surface area contributed by atoms with Crippen molar-refractivity contribution in [2.24, 2.45) is 5.73 Å². The Morgan fingerprint density at radius 1 is 1.42 bits per heavy atom. The number of hydrogen-bond acceptors (Lipinski definition) is 4. The van der Waals surface area contributed by atoms with Gasteiger partial charge >= 0.3 is 0 Å². The minimum Gasteiger partial charge on any atom is -0.396 e. The predicted molar refractivity (Wildman–Crippen MR) is 69.0 cm³/mol. The highest BCUT2D eigenvalue weighted by Crippen LogP contribution is 2.21. The quantitative estimate of drug-likeness (QED) is 0.760. The van der Waals surface area contributed by atoms with Crippen LogP contribution in [0.4, 0.5) is 10.1 Å². The fourth-order valence-electron chi connectivity index (χ4n) is 1.52. The Kier molecular flexibility index (Phi) is 4.48. The molecule has 106 valence electrons. The maximum absolute atomic E-state index is 13.0. The van der Waals surface area contributed by atoms with Crippen molar-refractivity contribution >= 4 is 21.6 Å². The highest BCUT2D eigenvalue weighted by atomic mass is 32.2. The van der Waals surface area contributed by atoms with Gasteiger partial charge in [-0.3, -0.25) is 4.79 Å². The van der Waals surface area contributed by atoms with E-state index >= 15 is 0 Å². The van der Waals surface area contributed by atoms with E-state index in [2.05, 4.69) is 0 Å². The molecule has 6 nitrogen and oxygen atoms in total. The van der Waals surface area contributed by atoms with Gasteiger partial charge < -0.3 is 11.5 Å². The fraction of sp³-hybridized carbons (Fsp3) is 0.364. The molecule has 0 saturated heterocycles. The average Bonchev–Trinajstić information content (AvgIpc) is 2.28. The van der Waals surface area contributed by atoms with E-state index in [1.165, 1.54) is 0 Å². The monoisotopic (exact) mass is 289 g/mol. The second kappa shape index (κ2) is 5.54. The molecule has 0 aliphatic rings. The van der Waals surface area contributed by atoms with Gasteiger partial charge in [0.2, 0.25) is 15.9 Å². The topological polar surface area (TPSA) is 106 Å². The Morgan fingerprint density at radius 3 is 2.42 bits per heavy atom. The van der Waals surface area contributed by atoms with E-state index in [-0.39, 0.29) is 10.6 Å². The number of amides is 1. The Balaban J connectivity index is 3.26. The second-order valence-corrected chi connectivity index (χ2v) is 6.18. The van der Waals surface area contributed by atoms with Gasteiger partial charge in [0.1, 0.15) is 5.82 Å². The number of halogens is 1. The number of primary amides is 1. The smallest absolute Gasteiger partial charge is 0.243 e. The molecule has 0 fully saturated rings. The highest BCUT2D eigenvalue weighted by Gasteiger charge is 2.28.